The first-order chi connectivity index (χ1) is 16.7. The van der Waals surface area contributed by atoms with Gasteiger partial charge in [0.15, 0.2) is 23.3 Å². The highest BCUT2D eigenvalue weighted by molar-refractivity contribution is 6.16. The van der Waals surface area contributed by atoms with Crippen molar-refractivity contribution in [3.8, 4) is 5.75 Å². The molecule has 4 rings (SSSR count). The molecule has 0 spiro atoms. The van der Waals surface area contributed by atoms with Crippen molar-refractivity contribution < 1.29 is 37.3 Å². The molecule has 178 valence electrons. The van der Waals surface area contributed by atoms with E-state index >= 15 is 0 Å². The summed E-state index contributed by atoms with van der Waals surface area (Å²) in [6.07, 6.45) is 0.758. The van der Waals surface area contributed by atoms with Gasteiger partial charge in [-0.1, -0.05) is 36.4 Å². The molecule has 0 radical (unpaired) electrons. The van der Waals surface area contributed by atoms with Gasteiger partial charge in [0.05, 0.1) is 12.2 Å². The predicted molar refractivity (Wildman–Crippen MR) is 124 cm³/mol. The van der Waals surface area contributed by atoms with Crippen molar-refractivity contribution in [1.82, 2.24) is 0 Å². The maximum atomic E-state index is 14.2. The van der Waals surface area contributed by atoms with Crippen LogP contribution in [0.15, 0.2) is 65.2 Å². The van der Waals surface area contributed by atoms with Gasteiger partial charge in [-0.15, -0.1) is 0 Å². The number of aliphatic hydroxyl groups is 1. The molecule has 4 aromatic carbocycles. The Morgan fingerprint density at radius 3 is 2.40 bits per heavy atom. The molecule has 4 aromatic rings. The molecule has 5 nitrogen and oxygen atoms in total. The highest BCUT2D eigenvalue weighted by Crippen LogP contribution is 2.35. The van der Waals surface area contributed by atoms with Gasteiger partial charge in [0.2, 0.25) is 0 Å². The number of aliphatic hydroxyl groups excluding tert-OH is 1. The minimum atomic E-state index is -2.16. The number of nitrogens with zero attached hydrogens (tertiary/aromatic N) is 1. The Bertz CT molecular complexity index is 1550. The third-order valence-electron chi connectivity index (χ3n) is 5.28. The van der Waals surface area contributed by atoms with Crippen molar-refractivity contribution in [2.45, 2.75) is 6.92 Å². The van der Waals surface area contributed by atoms with Crippen LogP contribution in [0.4, 0.5) is 23.2 Å². The maximum absolute atomic E-state index is 14.2. The Morgan fingerprint density at radius 2 is 1.66 bits per heavy atom. The van der Waals surface area contributed by atoms with Crippen LogP contribution in [0.5, 0.6) is 5.75 Å². The number of phenolic OH excluding ortho intramolecular Hbond substituents is 1. The summed E-state index contributed by atoms with van der Waals surface area (Å²) in [6.45, 7) is 1.31. The number of hydrogen-bond acceptors (Lipinski definition) is 5. The first-order valence-corrected chi connectivity index (χ1v) is 10.3. The van der Waals surface area contributed by atoms with E-state index < -0.39 is 46.1 Å². The molecule has 0 saturated carbocycles. The third-order valence-corrected chi connectivity index (χ3v) is 5.28. The molecule has 0 aliphatic rings. The molecule has 0 amide bonds. The van der Waals surface area contributed by atoms with E-state index in [2.05, 4.69) is 4.99 Å². The Hall–Kier alpha value is -4.40. The van der Waals surface area contributed by atoms with Gasteiger partial charge in [-0.05, 0) is 46.7 Å². The lowest BCUT2D eigenvalue weighted by Crippen LogP contribution is -2.12. The Labute approximate surface area is 196 Å². The quantitative estimate of drug-likeness (QED) is 0.0497. The number of carbonyl (C=O) groups is 1. The topological polar surface area (TPSA) is 79.1 Å². The van der Waals surface area contributed by atoms with Gasteiger partial charge in [0.25, 0.3) is 0 Å². The van der Waals surface area contributed by atoms with Crippen molar-refractivity contribution in [3.05, 3.63) is 89.0 Å². The van der Waals surface area contributed by atoms with Gasteiger partial charge in [0, 0.05) is 6.21 Å². The van der Waals surface area contributed by atoms with Crippen molar-refractivity contribution in [1.29, 1.82) is 0 Å². The largest absolute Gasteiger partial charge is 0.506 e. The normalized spacial score (nSPS) is 12.4. The number of halogens is 4. The highest BCUT2D eigenvalue weighted by atomic mass is 19.2. The van der Waals surface area contributed by atoms with E-state index in [1.54, 1.807) is 6.07 Å². The average Bonchev–Trinajstić information content (AvgIpc) is 2.85. The van der Waals surface area contributed by atoms with Gasteiger partial charge in [-0.25, -0.2) is 22.4 Å². The van der Waals surface area contributed by atoms with Crippen molar-refractivity contribution in [3.63, 3.8) is 0 Å². The molecule has 35 heavy (non-hydrogen) atoms. The van der Waals surface area contributed by atoms with Crippen LogP contribution >= 0.6 is 0 Å². The lowest BCUT2D eigenvalue weighted by molar-refractivity contribution is -0.137. The number of ether oxygens (including phenoxy) is 1. The maximum Gasteiger partial charge on any atom is 0.343 e. The number of esters is 1. The number of carbonyl (C=O) groups excluding carboxylic acids is 1. The van der Waals surface area contributed by atoms with Crippen LogP contribution in [0.2, 0.25) is 0 Å². The molecule has 0 heterocycles. The monoisotopic (exact) mass is 483 g/mol. The van der Waals surface area contributed by atoms with Crippen molar-refractivity contribution in [2.75, 3.05) is 6.61 Å². The molecule has 0 atom stereocenters. The zero-order valence-electron chi connectivity index (χ0n) is 18.2. The second kappa shape index (κ2) is 9.46. The molecule has 0 aliphatic carbocycles. The summed E-state index contributed by atoms with van der Waals surface area (Å²) in [5.41, 5.74) is -1.89. The first kappa shape index (κ1) is 23.7. The second-order valence-corrected chi connectivity index (χ2v) is 7.44. The molecule has 0 fully saturated rings. The number of hydrogen-bond donors (Lipinski definition) is 2. The molecule has 2 N–H and O–H groups in total. The summed E-state index contributed by atoms with van der Waals surface area (Å²) in [4.78, 5) is 16.4. The molecular formula is C26H17F4NO4. The van der Waals surface area contributed by atoms with Crippen molar-refractivity contribution in [2.24, 2.45) is 4.99 Å². The summed E-state index contributed by atoms with van der Waals surface area (Å²) in [7, 11) is 0. The minimum absolute atomic E-state index is 0.0145. The lowest BCUT2D eigenvalue weighted by atomic mass is 10.0. The lowest BCUT2D eigenvalue weighted by Gasteiger charge is -2.10. The van der Waals surface area contributed by atoms with Gasteiger partial charge >= 0.3 is 5.97 Å². The summed E-state index contributed by atoms with van der Waals surface area (Å²) >= 11 is 0. The van der Waals surface area contributed by atoms with Gasteiger partial charge in [-0.3, -0.25) is 4.99 Å². The predicted octanol–water partition coefficient (Wildman–Crippen LogP) is 6.49. The van der Waals surface area contributed by atoms with E-state index in [1.165, 1.54) is 19.1 Å². The molecule has 0 aromatic heterocycles. The van der Waals surface area contributed by atoms with Gasteiger partial charge < -0.3 is 14.9 Å². The van der Waals surface area contributed by atoms with Gasteiger partial charge in [0.1, 0.15) is 22.8 Å². The minimum Gasteiger partial charge on any atom is -0.506 e. The fourth-order valence-corrected chi connectivity index (χ4v) is 3.58. The van der Waals surface area contributed by atoms with Crippen LogP contribution in [-0.2, 0) is 9.53 Å². The standard InChI is InChI=1S/C26H17F4NO4/c1-2-35-26(34)18(25(33)17-10-19(27)23(29)24(30)22(17)28)12-31-20-9-14-8-7-13-5-3-4-6-15(13)16(14)11-21(20)32/h3-12,32-33H,2H2,1H3/b25-18+,31-12?. The van der Waals surface area contributed by atoms with E-state index in [9.17, 15) is 32.6 Å². The third kappa shape index (κ3) is 4.40. The number of fused-ring (bicyclic) bond motifs is 3. The average molecular weight is 483 g/mol. The van der Waals surface area contributed by atoms with Crippen LogP contribution in [-0.4, -0.2) is 29.0 Å². The van der Waals surface area contributed by atoms with Crippen LogP contribution in [0.1, 0.15) is 12.5 Å². The van der Waals surface area contributed by atoms with Crippen LogP contribution in [0.3, 0.4) is 0 Å². The molecule has 0 aliphatic heterocycles. The zero-order chi connectivity index (χ0) is 25.3. The van der Waals surface area contributed by atoms with Crippen molar-refractivity contribution >= 4 is 45.2 Å². The molecule has 0 unspecified atom stereocenters. The number of rotatable bonds is 5. The van der Waals surface area contributed by atoms with E-state index in [0.717, 1.165) is 22.4 Å². The SMILES string of the molecule is CCOC(=O)/C(C=Nc1cc2ccc3ccccc3c2cc1O)=C(/O)c1cc(F)c(F)c(F)c1F. The van der Waals surface area contributed by atoms with Crippen LogP contribution in [0, 0.1) is 23.3 Å². The fourth-order valence-electron chi connectivity index (χ4n) is 3.58. The van der Waals surface area contributed by atoms with E-state index in [1.807, 2.05) is 30.3 Å². The smallest absolute Gasteiger partial charge is 0.343 e. The van der Waals surface area contributed by atoms with Crippen LogP contribution in [0.25, 0.3) is 27.3 Å². The Kier molecular flexibility index (Phi) is 6.42. The van der Waals surface area contributed by atoms with Crippen LogP contribution < -0.4 is 0 Å². The second-order valence-electron chi connectivity index (χ2n) is 7.44. The Balaban J connectivity index is 1.84. The summed E-state index contributed by atoms with van der Waals surface area (Å²) in [5.74, 6) is -10.6. The Morgan fingerprint density at radius 1 is 0.943 bits per heavy atom. The zero-order valence-corrected chi connectivity index (χ0v) is 18.2. The number of benzene rings is 4. The molecular weight excluding hydrogens is 466 g/mol. The summed E-state index contributed by atoms with van der Waals surface area (Å²) < 4.78 is 59.7. The van der Waals surface area contributed by atoms with E-state index in [4.69, 9.17) is 4.74 Å². The van der Waals surface area contributed by atoms with E-state index in [-0.39, 0.29) is 24.1 Å². The van der Waals surface area contributed by atoms with Gasteiger partial charge in [-0.2, -0.15) is 0 Å². The number of aromatic hydroxyl groups is 1. The summed E-state index contributed by atoms with van der Waals surface area (Å²) in [5, 5.41) is 24.3. The fraction of sp³-hybridized carbons (Fsp3) is 0.0769. The highest BCUT2D eigenvalue weighted by Gasteiger charge is 2.25. The molecule has 9 heteroatoms. The summed E-state index contributed by atoms with van der Waals surface area (Å²) in [6, 6.07) is 14.4. The molecule has 0 bridgehead atoms. The first-order valence-electron chi connectivity index (χ1n) is 10.3. The number of phenols is 1. The molecule has 0 saturated heterocycles. The van der Waals surface area contributed by atoms with E-state index in [0.29, 0.717) is 5.39 Å². The number of aliphatic imine (C=N–C) groups is 1.